The van der Waals surface area contributed by atoms with Crippen LogP contribution in [0.4, 0.5) is 9.52 Å². The summed E-state index contributed by atoms with van der Waals surface area (Å²) in [6, 6.07) is 12.5. The minimum Gasteiger partial charge on any atom is -0.352 e. The number of aromatic nitrogens is 1. The lowest BCUT2D eigenvalue weighted by Gasteiger charge is -2.06. The molecule has 0 unspecified atom stereocenters. The Kier molecular flexibility index (Phi) is 6.16. The van der Waals surface area contributed by atoms with Crippen molar-refractivity contribution in [2.45, 2.75) is 13.0 Å². The van der Waals surface area contributed by atoms with E-state index in [-0.39, 0.29) is 18.2 Å². The molecule has 8 heteroatoms. The lowest BCUT2D eigenvalue weighted by molar-refractivity contribution is -0.120. The molecule has 27 heavy (non-hydrogen) atoms. The van der Waals surface area contributed by atoms with Crippen LogP contribution in [0.2, 0.25) is 5.02 Å². The second kappa shape index (κ2) is 8.75. The zero-order valence-corrected chi connectivity index (χ0v) is 15.6. The van der Waals surface area contributed by atoms with E-state index in [1.54, 1.807) is 11.4 Å². The summed E-state index contributed by atoms with van der Waals surface area (Å²) in [7, 11) is 0. The average Bonchev–Trinajstić information content (AvgIpc) is 3.08. The second-order valence-electron chi connectivity index (χ2n) is 5.65. The molecule has 138 valence electrons. The number of carbonyl (C=O) groups is 2. The summed E-state index contributed by atoms with van der Waals surface area (Å²) in [6.45, 7) is 0.330. The van der Waals surface area contributed by atoms with E-state index in [2.05, 4.69) is 15.6 Å². The van der Waals surface area contributed by atoms with Gasteiger partial charge < -0.3 is 5.32 Å². The molecule has 1 aromatic heterocycles. The van der Waals surface area contributed by atoms with Crippen LogP contribution in [0.3, 0.4) is 0 Å². The van der Waals surface area contributed by atoms with Gasteiger partial charge in [-0.3, -0.25) is 14.9 Å². The molecule has 0 bridgehead atoms. The number of hydrogen-bond acceptors (Lipinski definition) is 4. The summed E-state index contributed by atoms with van der Waals surface area (Å²) in [6.07, 6.45) is 0.0906. The second-order valence-corrected chi connectivity index (χ2v) is 6.92. The normalized spacial score (nSPS) is 10.4. The fraction of sp³-hybridized carbons (Fsp3) is 0.105. The number of hydrogen-bond donors (Lipinski definition) is 2. The van der Waals surface area contributed by atoms with Crippen LogP contribution in [-0.2, 0) is 17.8 Å². The van der Waals surface area contributed by atoms with Gasteiger partial charge in [0, 0.05) is 22.5 Å². The Labute approximate surface area is 164 Å². The molecule has 0 aliphatic carbocycles. The number of nitrogens with zero attached hydrogens (tertiary/aromatic N) is 1. The van der Waals surface area contributed by atoms with E-state index in [0.717, 1.165) is 5.56 Å². The lowest BCUT2D eigenvalue weighted by Crippen LogP contribution is -2.24. The van der Waals surface area contributed by atoms with Crippen molar-refractivity contribution in [3.8, 4) is 0 Å². The molecule has 0 spiro atoms. The molecule has 2 aromatic carbocycles. The first-order valence-electron chi connectivity index (χ1n) is 8.02. The van der Waals surface area contributed by atoms with Gasteiger partial charge in [-0.15, -0.1) is 11.3 Å². The molecule has 0 atom stereocenters. The Hall–Kier alpha value is -2.77. The predicted molar refractivity (Wildman–Crippen MR) is 103 cm³/mol. The summed E-state index contributed by atoms with van der Waals surface area (Å²) < 4.78 is 12.9. The molecule has 0 saturated heterocycles. The van der Waals surface area contributed by atoms with Crippen molar-refractivity contribution in [1.82, 2.24) is 10.3 Å². The fourth-order valence-corrected chi connectivity index (χ4v) is 3.19. The first kappa shape index (κ1) is 19.0. The zero-order chi connectivity index (χ0) is 19.2. The Morgan fingerprint density at radius 2 is 1.85 bits per heavy atom. The first-order valence-corrected chi connectivity index (χ1v) is 9.28. The quantitative estimate of drug-likeness (QED) is 0.652. The van der Waals surface area contributed by atoms with Crippen LogP contribution in [-0.4, -0.2) is 16.8 Å². The average molecular weight is 404 g/mol. The summed E-state index contributed by atoms with van der Waals surface area (Å²) in [4.78, 5) is 28.4. The van der Waals surface area contributed by atoms with Gasteiger partial charge in [0.15, 0.2) is 5.13 Å². The highest BCUT2D eigenvalue weighted by atomic mass is 35.5. The third-order valence-corrected chi connectivity index (χ3v) is 4.83. The van der Waals surface area contributed by atoms with Gasteiger partial charge in [-0.25, -0.2) is 9.37 Å². The Balaban J connectivity index is 1.53. The SMILES string of the molecule is O=C(Cc1csc(NC(=O)c2ccc(F)cc2)n1)NCc1ccccc1Cl. The van der Waals surface area contributed by atoms with Crippen molar-refractivity contribution in [1.29, 1.82) is 0 Å². The smallest absolute Gasteiger partial charge is 0.257 e. The van der Waals surface area contributed by atoms with E-state index in [0.29, 0.717) is 28.0 Å². The van der Waals surface area contributed by atoms with Gasteiger partial charge in [0.1, 0.15) is 5.82 Å². The van der Waals surface area contributed by atoms with Gasteiger partial charge >= 0.3 is 0 Å². The van der Waals surface area contributed by atoms with E-state index in [9.17, 15) is 14.0 Å². The van der Waals surface area contributed by atoms with Crippen LogP contribution >= 0.6 is 22.9 Å². The maximum Gasteiger partial charge on any atom is 0.257 e. The van der Waals surface area contributed by atoms with Crippen LogP contribution in [0.15, 0.2) is 53.9 Å². The number of nitrogens with one attached hydrogen (secondary N) is 2. The molecule has 3 aromatic rings. The molecule has 2 N–H and O–H groups in total. The van der Waals surface area contributed by atoms with E-state index in [1.165, 1.54) is 35.6 Å². The first-order chi connectivity index (χ1) is 13.0. The maximum atomic E-state index is 12.9. The molecular formula is C19H15ClFN3O2S. The molecule has 5 nitrogen and oxygen atoms in total. The van der Waals surface area contributed by atoms with Gasteiger partial charge in [0.2, 0.25) is 5.91 Å². The number of benzene rings is 2. The lowest BCUT2D eigenvalue weighted by atomic mass is 10.2. The van der Waals surface area contributed by atoms with Gasteiger partial charge in [0.05, 0.1) is 12.1 Å². The Bertz CT molecular complexity index is 960. The number of carbonyl (C=O) groups excluding carboxylic acids is 2. The minimum atomic E-state index is -0.411. The minimum absolute atomic E-state index is 0.0906. The van der Waals surface area contributed by atoms with Gasteiger partial charge in [-0.1, -0.05) is 29.8 Å². The topological polar surface area (TPSA) is 71.1 Å². The van der Waals surface area contributed by atoms with Gasteiger partial charge in [0.25, 0.3) is 5.91 Å². The van der Waals surface area contributed by atoms with E-state index < -0.39 is 5.82 Å². The Morgan fingerprint density at radius 3 is 2.59 bits per heavy atom. The number of amides is 2. The van der Waals surface area contributed by atoms with Gasteiger partial charge in [-0.05, 0) is 35.9 Å². The van der Waals surface area contributed by atoms with Crippen LogP contribution in [0, 0.1) is 5.82 Å². The van der Waals surface area contributed by atoms with Crippen molar-refractivity contribution >= 4 is 39.9 Å². The standard InChI is InChI=1S/C19H15ClFN3O2S/c20-16-4-2-1-3-13(16)10-22-17(25)9-15-11-27-19(23-15)24-18(26)12-5-7-14(21)8-6-12/h1-8,11H,9-10H2,(H,22,25)(H,23,24,26). The monoisotopic (exact) mass is 403 g/mol. The summed E-state index contributed by atoms with van der Waals surface area (Å²) in [5.74, 6) is -0.999. The van der Waals surface area contributed by atoms with Crippen molar-refractivity contribution < 1.29 is 14.0 Å². The number of anilines is 1. The zero-order valence-electron chi connectivity index (χ0n) is 14.0. The van der Waals surface area contributed by atoms with Crippen LogP contribution in [0.25, 0.3) is 0 Å². The highest BCUT2D eigenvalue weighted by molar-refractivity contribution is 7.14. The molecule has 0 fully saturated rings. The fourth-order valence-electron chi connectivity index (χ4n) is 2.28. The molecular weight excluding hydrogens is 389 g/mol. The molecule has 0 saturated carbocycles. The number of thiazole rings is 1. The summed E-state index contributed by atoms with van der Waals surface area (Å²) in [5, 5.41) is 8.09. The van der Waals surface area contributed by atoms with Crippen LogP contribution < -0.4 is 10.6 Å². The highest BCUT2D eigenvalue weighted by Crippen LogP contribution is 2.18. The molecule has 0 radical (unpaired) electrons. The molecule has 0 aliphatic rings. The molecule has 0 aliphatic heterocycles. The molecule has 1 heterocycles. The van der Waals surface area contributed by atoms with Crippen LogP contribution in [0.1, 0.15) is 21.6 Å². The van der Waals surface area contributed by atoms with Crippen LogP contribution in [0.5, 0.6) is 0 Å². The van der Waals surface area contributed by atoms with E-state index >= 15 is 0 Å². The van der Waals surface area contributed by atoms with E-state index in [4.69, 9.17) is 11.6 Å². The van der Waals surface area contributed by atoms with Gasteiger partial charge in [-0.2, -0.15) is 0 Å². The third kappa shape index (κ3) is 5.35. The van der Waals surface area contributed by atoms with Crippen molar-refractivity contribution in [2.24, 2.45) is 0 Å². The van der Waals surface area contributed by atoms with E-state index in [1.807, 2.05) is 18.2 Å². The number of rotatable bonds is 6. The van der Waals surface area contributed by atoms with Crippen molar-refractivity contribution in [3.63, 3.8) is 0 Å². The molecule has 2 amide bonds. The predicted octanol–water partition coefficient (Wildman–Crippen LogP) is 4.05. The highest BCUT2D eigenvalue weighted by Gasteiger charge is 2.11. The summed E-state index contributed by atoms with van der Waals surface area (Å²) in [5.41, 5.74) is 1.70. The Morgan fingerprint density at radius 1 is 1.11 bits per heavy atom. The van der Waals surface area contributed by atoms with Crippen molar-refractivity contribution in [2.75, 3.05) is 5.32 Å². The molecule has 3 rings (SSSR count). The summed E-state index contributed by atoms with van der Waals surface area (Å²) >= 11 is 7.27. The number of halogens is 2. The third-order valence-electron chi connectivity index (χ3n) is 3.65. The van der Waals surface area contributed by atoms with Crippen molar-refractivity contribution in [3.05, 3.63) is 81.6 Å². The maximum absolute atomic E-state index is 12.9. The largest absolute Gasteiger partial charge is 0.352 e.